The zero-order valence-corrected chi connectivity index (χ0v) is 17.6. The highest BCUT2D eigenvalue weighted by Gasteiger charge is 2.23. The summed E-state index contributed by atoms with van der Waals surface area (Å²) in [6.07, 6.45) is 3.31. The third-order valence-electron chi connectivity index (χ3n) is 4.74. The van der Waals surface area contributed by atoms with Gasteiger partial charge in [-0.05, 0) is 55.0 Å². The number of hydrogen-bond donors (Lipinski definition) is 0. The lowest BCUT2D eigenvalue weighted by Crippen LogP contribution is -2.39. The summed E-state index contributed by atoms with van der Waals surface area (Å²) in [5.41, 5.74) is 3.55. The Balaban J connectivity index is 1.97. The van der Waals surface area contributed by atoms with Crippen molar-refractivity contribution in [3.05, 3.63) is 82.4 Å². The van der Waals surface area contributed by atoms with Crippen LogP contribution in [0.5, 0.6) is 0 Å². The van der Waals surface area contributed by atoms with Crippen molar-refractivity contribution in [2.75, 3.05) is 19.0 Å². The number of carbonyl (C=O) groups excluding carboxylic acids is 2. The Hall–Kier alpha value is -3.12. The molecule has 7 heteroatoms. The van der Waals surface area contributed by atoms with Crippen LogP contribution < -0.4 is 4.90 Å². The summed E-state index contributed by atoms with van der Waals surface area (Å²) in [6, 6.07) is 12.2. The summed E-state index contributed by atoms with van der Waals surface area (Å²) in [4.78, 5) is 33.1. The minimum Gasteiger partial charge on any atom is -0.343 e. The first kappa shape index (κ1) is 20.6. The van der Waals surface area contributed by atoms with Crippen molar-refractivity contribution in [1.29, 1.82) is 0 Å². The molecule has 0 unspecified atom stereocenters. The number of aryl methyl sites for hydroxylation is 1. The number of urea groups is 1. The highest BCUT2D eigenvalue weighted by molar-refractivity contribution is 6.30. The molecule has 150 valence electrons. The minimum atomic E-state index is -0.164. The van der Waals surface area contributed by atoms with Gasteiger partial charge >= 0.3 is 6.03 Å². The van der Waals surface area contributed by atoms with E-state index in [2.05, 4.69) is 4.98 Å². The van der Waals surface area contributed by atoms with Crippen molar-refractivity contribution in [2.24, 2.45) is 7.05 Å². The van der Waals surface area contributed by atoms with Crippen molar-refractivity contribution in [1.82, 2.24) is 14.5 Å². The Labute approximate surface area is 175 Å². The summed E-state index contributed by atoms with van der Waals surface area (Å²) < 4.78 is 1.85. The van der Waals surface area contributed by atoms with Gasteiger partial charge in [0, 0.05) is 43.6 Å². The van der Waals surface area contributed by atoms with Crippen LogP contribution in [-0.4, -0.2) is 40.4 Å². The van der Waals surface area contributed by atoms with E-state index < -0.39 is 0 Å². The molecule has 0 atom stereocenters. The summed E-state index contributed by atoms with van der Waals surface area (Å²) in [6.45, 7) is 2.21. The van der Waals surface area contributed by atoms with Gasteiger partial charge in [0.1, 0.15) is 0 Å². The molecule has 6 nitrogen and oxygen atoms in total. The van der Waals surface area contributed by atoms with E-state index in [1.807, 2.05) is 30.7 Å². The number of carbonyl (C=O) groups is 2. The van der Waals surface area contributed by atoms with Gasteiger partial charge in [-0.15, -0.1) is 0 Å². The van der Waals surface area contributed by atoms with E-state index in [1.165, 1.54) is 4.90 Å². The van der Waals surface area contributed by atoms with Crippen molar-refractivity contribution in [3.63, 3.8) is 0 Å². The van der Waals surface area contributed by atoms with Crippen LogP contribution in [0.25, 0.3) is 0 Å². The molecule has 0 bridgehead atoms. The van der Waals surface area contributed by atoms with Crippen LogP contribution in [0.3, 0.4) is 0 Å². The van der Waals surface area contributed by atoms with Gasteiger partial charge in [0.25, 0.3) is 0 Å². The van der Waals surface area contributed by atoms with Gasteiger partial charge in [-0.3, -0.25) is 14.7 Å². The number of rotatable bonds is 5. The zero-order valence-electron chi connectivity index (χ0n) is 16.9. The monoisotopic (exact) mass is 410 g/mol. The van der Waals surface area contributed by atoms with E-state index in [0.29, 0.717) is 28.5 Å². The summed E-state index contributed by atoms with van der Waals surface area (Å²) in [5, 5.41) is 0.583. The smallest absolute Gasteiger partial charge is 0.324 e. The van der Waals surface area contributed by atoms with Gasteiger partial charge in [0.15, 0.2) is 0 Å². The maximum atomic E-state index is 13.0. The van der Waals surface area contributed by atoms with E-state index >= 15 is 0 Å². The number of aromatic nitrogens is 2. The second kappa shape index (κ2) is 8.49. The van der Waals surface area contributed by atoms with Gasteiger partial charge in [-0.25, -0.2) is 4.79 Å². The molecule has 0 aliphatic rings. The lowest BCUT2D eigenvalue weighted by molar-refractivity contribution is 0.103. The summed E-state index contributed by atoms with van der Waals surface area (Å²) in [7, 11) is 5.25. The zero-order chi connectivity index (χ0) is 21.1. The molecule has 0 aliphatic carbocycles. The van der Waals surface area contributed by atoms with Gasteiger partial charge in [-0.1, -0.05) is 11.6 Å². The highest BCUT2D eigenvalue weighted by atomic mass is 35.5. The van der Waals surface area contributed by atoms with E-state index in [0.717, 1.165) is 11.3 Å². The van der Waals surface area contributed by atoms with Gasteiger partial charge in [-0.2, -0.15) is 0 Å². The number of halogens is 1. The maximum Gasteiger partial charge on any atom is 0.324 e. The van der Waals surface area contributed by atoms with Crippen LogP contribution in [-0.2, 0) is 13.6 Å². The third-order valence-corrected chi connectivity index (χ3v) is 4.99. The molecule has 0 fully saturated rings. The molecule has 2 amide bonds. The number of amides is 2. The minimum absolute atomic E-state index is 0.0835. The molecule has 2 aromatic heterocycles. The molecular weight excluding hydrogens is 388 g/mol. The first-order valence-corrected chi connectivity index (χ1v) is 9.51. The number of pyridine rings is 1. The molecule has 29 heavy (non-hydrogen) atoms. The van der Waals surface area contributed by atoms with Crippen LogP contribution in [0.1, 0.15) is 27.3 Å². The second-order valence-corrected chi connectivity index (χ2v) is 7.47. The summed E-state index contributed by atoms with van der Waals surface area (Å²) >= 11 is 5.94. The maximum absolute atomic E-state index is 13.0. The van der Waals surface area contributed by atoms with E-state index in [1.54, 1.807) is 61.7 Å². The van der Waals surface area contributed by atoms with E-state index in [9.17, 15) is 9.59 Å². The van der Waals surface area contributed by atoms with Gasteiger partial charge < -0.3 is 9.47 Å². The number of benzene rings is 1. The van der Waals surface area contributed by atoms with E-state index in [-0.39, 0.29) is 11.8 Å². The lowest BCUT2D eigenvalue weighted by atomic mass is 10.1. The van der Waals surface area contributed by atoms with Gasteiger partial charge in [0.05, 0.1) is 24.1 Å². The summed E-state index contributed by atoms with van der Waals surface area (Å²) in [5.74, 6) is -0.0835. The molecule has 3 aromatic rings. The molecule has 0 N–H and O–H groups in total. The molecule has 0 saturated carbocycles. The third kappa shape index (κ3) is 4.32. The number of nitrogens with zero attached hydrogens (tertiary/aromatic N) is 4. The predicted octanol–water partition coefficient (Wildman–Crippen LogP) is 4.30. The van der Waals surface area contributed by atoms with Gasteiger partial charge in [0.2, 0.25) is 5.78 Å². The Bertz CT molecular complexity index is 1030. The van der Waals surface area contributed by atoms with Crippen LogP contribution in [0, 0.1) is 6.92 Å². The normalized spacial score (nSPS) is 10.7. The van der Waals surface area contributed by atoms with Crippen molar-refractivity contribution >= 4 is 29.1 Å². The molecule has 0 saturated heterocycles. The Morgan fingerprint density at radius 2 is 1.83 bits per heavy atom. The predicted molar refractivity (Wildman–Crippen MR) is 115 cm³/mol. The van der Waals surface area contributed by atoms with Crippen LogP contribution in [0.15, 0.2) is 54.9 Å². The fourth-order valence-electron chi connectivity index (χ4n) is 3.23. The Kier molecular flexibility index (Phi) is 6.03. The molecule has 3 rings (SSSR count). The van der Waals surface area contributed by atoms with E-state index in [4.69, 9.17) is 11.6 Å². The molecule has 0 radical (unpaired) electrons. The molecule has 0 aliphatic heterocycles. The van der Waals surface area contributed by atoms with Crippen molar-refractivity contribution < 1.29 is 9.59 Å². The number of ketones is 1. The van der Waals surface area contributed by atoms with Crippen LogP contribution in [0.2, 0.25) is 5.02 Å². The quantitative estimate of drug-likeness (QED) is 0.589. The molecular formula is C22H23ClN4O2. The van der Waals surface area contributed by atoms with Crippen LogP contribution in [0.4, 0.5) is 10.5 Å². The molecule has 0 spiro atoms. The number of hydrogen-bond acceptors (Lipinski definition) is 3. The Morgan fingerprint density at radius 1 is 1.14 bits per heavy atom. The molecule has 2 heterocycles. The Morgan fingerprint density at radius 3 is 2.41 bits per heavy atom. The average Bonchev–Trinajstić information content (AvgIpc) is 2.99. The SMILES string of the molecule is Cc1cc(CN(C(=O)N(C)C)c2cccnc2)n(C)c1C(=O)c1ccc(Cl)cc1. The largest absolute Gasteiger partial charge is 0.343 e. The van der Waals surface area contributed by atoms with Crippen molar-refractivity contribution in [3.8, 4) is 0 Å². The fraction of sp³-hybridized carbons (Fsp3) is 0.227. The standard InChI is InChI=1S/C22H23ClN4O2/c1-15-12-19(14-27(22(29)25(2)3)18-6-5-11-24-13-18)26(4)20(15)21(28)16-7-9-17(23)10-8-16/h5-13H,14H2,1-4H3. The first-order chi connectivity index (χ1) is 13.8. The van der Waals surface area contributed by atoms with Crippen molar-refractivity contribution in [2.45, 2.75) is 13.5 Å². The average molecular weight is 411 g/mol. The lowest BCUT2D eigenvalue weighted by Gasteiger charge is -2.26. The first-order valence-electron chi connectivity index (χ1n) is 9.14. The topological polar surface area (TPSA) is 58.4 Å². The number of anilines is 1. The fourth-order valence-corrected chi connectivity index (χ4v) is 3.36. The highest BCUT2D eigenvalue weighted by Crippen LogP contribution is 2.23. The van der Waals surface area contributed by atoms with Crippen LogP contribution >= 0.6 is 11.6 Å². The molecule has 1 aromatic carbocycles. The second-order valence-electron chi connectivity index (χ2n) is 7.04.